The van der Waals surface area contributed by atoms with Gasteiger partial charge in [-0.15, -0.1) is 0 Å². The number of hydrogen-bond acceptors (Lipinski definition) is 2. The molecule has 0 aromatic heterocycles. The molecule has 1 atom stereocenters. The highest BCUT2D eigenvalue weighted by molar-refractivity contribution is 5.77. The lowest BCUT2D eigenvalue weighted by Gasteiger charge is -2.38. The molecule has 1 aliphatic heterocycles. The van der Waals surface area contributed by atoms with Gasteiger partial charge in [-0.25, -0.2) is 4.79 Å². The Kier molecular flexibility index (Phi) is 5.42. The summed E-state index contributed by atoms with van der Waals surface area (Å²) in [6.07, 6.45) is 15.0. The molecule has 1 spiro atoms. The Hall–Kier alpha value is -1.26. The van der Waals surface area contributed by atoms with E-state index in [1.54, 1.807) is 0 Å². The molecule has 1 saturated heterocycles. The van der Waals surface area contributed by atoms with E-state index in [1.165, 1.54) is 44.9 Å². The van der Waals surface area contributed by atoms with Crippen molar-refractivity contribution in [1.29, 1.82) is 0 Å². The first-order valence-electron chi connectivity index (χ1n) is 11.0. The molecule has 1 unspecified atom stereocenters. The van der Waals surface area contributed by atoms with Crippen molar-refractivity contribution in [3.8, 4) is 0 Å². The SMILES string of the molecule is O=C(CCC1CN(C(=O)NC2CCCC2)CC12CCCCC2)NC1CC1. The standard InChI is InChI=1S/C21H35N3O2/c25-19(22-18-9-10-18)11-8-16-14-24(15-21(16)12-4-1-5-13-21)20(26)23-17-6-2-3-7-17/h16-18H,1-15H2,(H,22,25)(H,23,26). The van der Waals surface area contributed by atoms with Crippen LogP contribution in [-0.4, -0.2) is 42.0 Å². The fourth-order valence-electron chi connectivity index (χ4n) is 5.58. The van der Waals surface area contributed by atoms with Crippen LogP contribution in [-0.2, 0) is 4.79 Å². The van der Waals surface area contributed by atoms with E-state index >= 15 is 0 Å². The van der Waals surface area contributed by atoms with Crippen LogP contribution in [0.15, 0.2) is 0 Å². The Labute approximate surface area is 157 Å². The molecule has 146 valence electrons. The number of carbonyl (C=O) groups excluding carboxylic acids is 2. The summed E-state index contributed by atoms with van der Waals surface area (Å²) in [4.78, 5) is 27.0. The van der Waals surface area contributed by atoms with Crippen molar-refractivity contribution in [3.05, 3.63) is 0 Å². The van der Waals surface area contributed by atoms with Gasteiger partial charge in [0.2, 0.25) is 5.91 Å². The summed E-state index contributed by atoms with van der Waals surface area (Å²) < 4.78 is 0. The van der Waals surface area contributed by atoms with Crippen molar-refractivity contribution in [2.75, 3.05) is 13.1 Å². The predicted octanol–water partition coefficient (Wildman–Crippen LogP) is 3.58. The summed E-state index contributed by atoms with van der Waals surface area (Å²) in [6.45, 7) is 1.75. The maximum absolute atomic E-state index is 12.8. The predicted molar refractivity (Wildman–Crippen MR) is 102 cm³/mol. The summed E-state index contributed by atoms with van der Waals surface area (Å²) in [5.74, 6) is 0.703. The molecule has 0 radical (unpaired) electrons. The minimum Gasteiger partial charge on any atom is -0.353 e. The third-order valence-corrected chi connectivity index (χ3v) is 7.29. The third kappa shape index (κ3) is 4.17. The highest BCUT2D eigenvalue weighted by Gasteiger charge is 2.48. The maximum atomic E-state index is 12.8. The molecule has 0 aromatic carbocycles. The first-order valence-corrected chi connectivity index (χ1v) is 11.0. The topological polar surface area (TPSA) is 61.4 Å². The molecule has 5 heteroatoms. The van der Waals surface area contributed by atoms with Gasteiger partial charge < -0.3 is 15.5 Å². The number of hydrogen-bond donors (Lipinski definition) is 2. The highest BCUT2D eigenvalue weighted by Crippen LogP contribution is 2.49. The van der Waals surface area contributed by atoms with Gasteiger partial charge in [-0.1, -0.05) is 32.1 Å². The van der Waals surface area contributed by atoms with Gasteiger partial charge in [0, 0.05) is 31.6 Å². The van der Waals surface area contributed by atoms with Crippen molar-refractivity contribution in [1.82, 2.24) is 15.5 Å². The molecule has 26 heavy (non-hydrogen) atoms. The van der Waals surface area contributed by atoms with Crippen molar-refractivity contribution >= 4 is 11.9 Å². The van der Waals surface area contributed by atoms with E-state index in [-0.39, 0.29) is 17.4 Å². The second-order valence-electron chi connectivity index (χ2n) is 9.31. The van der Waals surface area contributed by atoms with Crippen LogP contribution < -0.4 is 10.6 Å². The molecule has 2 N–H and O–H groups in total. The van der Waals surface area contributed by atoms with E-state index in [9.17, 15) is 9.59 Å². The quantitative estimate of drug-likeness (QED) is 0.786. The van der Waals surface area contributed by atoms with Gasteiger partial charge in [-0.05, 0) is 56.3 Å². The van der Waals surface area contributed by atoms with Gasteiger partial charge in [-0.2, -0.15) is 0 Å². The Bertz CT molecular complexity index is 519. The number of urea groups is 1. The summed E-state index contributed by atoms with van der Waals surface area (Å²) in [7, 11) is 0. The molecule has 0 bridgehead atoms. The zero-order chi connectivity index (χ0) is 18.0. The Morgan fingerprint density at radius 2 is 1.58 bits per heavy atom. The van der Waals surface area contributed by atoms with E-state index in [2.05, 4.69) is 15.5 Å². The second kappa shape index (κ2) is 7.77. The third-order valence-electron chi connectivity index (χ3n) is 7.29. The summed E-state index contributed by atoms with van der Waals surface area (Å²) in [6, 6.07) is 0.975. The zero-order valence-electron chi connectivity index (χ0n) is 16.1. The average molecular weight is 362 g/mol. The van der Waals surface area contributed by atoms with Crippen molar-refractivity contribution < 1.29 is 9.59 Å². The number of likely N-dealkylation sites (tertiary alicyclic amines) is 1. The van der Waals surface area contributed by atoms with E-state index in [0.717, 1.165) is 45.2 Å². The van der Waals surface area contributed by atoms with Gasteiger partial charge in [-0.3, -0.25) is 4.79 Å². The molecule has 4 rings (SSSR count). The maximum Gasteiger partial charge on any atom is 0.317 e. The Morgan fingerprint density at radius 1 is 0.885 bits per heavy atom. The fourth-order valence-corrected chi connectivity index (χ4v) is 5.58. The first-order chi connectivity index (χ1) is 12.6. The fraction of sp³-hybridized carbons (Fsp3) is 0.905. The largest absolute Gasteiger partial charge is 0.353 e. The van der Waals surface area contributed by atoms with E-state index < -0.39 is 0 Å². The summed E-state index contributed by atoms with van der Waals surface area (Å²) >= 11 is 0. The molecular weight excluding hydrogens is 326 g/mol. The van der Waals surface area contributed by atoms with Crippen LogP contribution in [0.1, 0.15) is 83.5 Å². The minimum atomic E-state index is 0.145. The molecule has 3 aliphatic carbocycles. The van der Waals surface area contributed by atoms with Crippen LogP contribution >= 0.6 is 0 Å². The lowest BCUT2D eigenvalue weighted by molar-refractivity contribution is -0.121. The van der Waals surface area contributed by atoms with Crippen LogP contribution in [0.3, 0.4) is 0 Å². The van der Waals surface area contributed by atoms with Crippen molar-refractivity contribution in [2.45, 2.75) is 95.6 Å². The first kappa shape index (κ1) is 18.1. The van der Waals surface area contributed by atoms with Crippen molar-refractivity contribution in [2.24, 2.45) is 11.3 Å². The van der Waals surface area contributed by atoms with Crippen LogP contribution in [0, 0.1) is 11.3 Å². The summed E-state index contributed by atoms with van der Waals surface area (Å²) in [5.41, 5.74) is 0.269. The Balaban J connectivity index is 1.35. The number of amides is 3. The average Bonchev–Trinajstić information content (AvgIpc) is 3.16. The smallest absolute Gasteiger partial charge is 0.317 e. The van der Waals surface area contributed by atoms with Crippen LogP contribution in [0.5, 0.6) is 0 Å². The lowest BCUT2D eigenvalue weighted by Crippen LogP contribution is -2.44. The van der Waals surface area contributed by atoms with Gasteiger partial charge in [0.15, 0.2) is 0 Å². The lowest BCUT2D eigenvalue weighted by atomic mass is 9.66. The molecule has 5 nitrogen and oxygen atoms in total. The molecule has 4 fully saturated rings. The van der Waals surface area contributed by atoms with Crippen LogP contribution in [0.4, 0.5) is 4.79 Å². The summed E-state index contributed by atoms with van der Waals surface area (Å²) in [5, 5.41) is 6.39. The van der Waals surface area contributed by atoms with Gasteiger partial charge in [0.25, 0.3) is 0 Å². The van der Waals surface area contributed by atoms with Crippen molar-refractivity contribution in [3.63, 3.8) is 0 Å². The normalized spacial score (nSPS) is 28.5. The number of nitrogens with one attached hydrogen (secondary N) is 2. The van der Waals surface area contributed by atoms with Gasteiger partial charge >= 0.3 is 6.03 Å². The van der Waals surface area contributed by atoms with Gasteiger partial charge in [0.1, 0.15) is 0 Å². The van der Waals surface area contributed by atoms with E-state index in [0.29, 0.717) is 24.4 Å². The number of carbonyl (C=O) groups is 2. The number of nitrogens with zero attached hydrogens (tertiary/aromatic N) is 1. The van der Waals surface area contributed by atoms with Crippen LogP contribution in [0.2, 0.25) is 0 Å². The monoisotopic (exact) mass is 361 g/mol. The van der Waals surface area contributed by atoms with E-state index in [1.807, 2.05) is 0 Å². The van der Waals surface area contributed by atoms with E-state index in [4.69, 9.17) is 0 Å². The van der Waals surface area contributed by atoms with Gasteiger partial charge in [0.05, 0.1) is 0 Å². The molecule has 3 amide bonds. The molecule has 4 aliphatic rings. The minimum absolute atomic E-state index is 0.145. The highest BCUT2D eigenvalue weighted by atomic mass is 16.2. The van der Waals surface area contributed by atoms with Crippen LogP contribution in [0.25, 0.3) is 0 Å². The molecule has 3 saturated carbocycles. The molecular formula is C21H35N3O2. The second-order valence-corrected chi connectivity index (χ2v) is 9.31. The molecule has 1 heterocycles. The number of rotatable bonds is 5. The molecule has 0 aromatic rings. The Morgan fingerprint density at radius 3 is 2.27 bits per heavy atom. The zero-order valence-corrected chi connectivity index (χ0v) is 16.1.